The number of halogens is 2. The van der Waals surface area contributed by atoms with E-state index in [2.05, 4.69) is 43.3 Å². The van der Waals surface area contributed by atoms with Crippen molar-refractivity contribution in [1.82, 2.24) is 0 Å². The summed E-state index contributed by atoms with van der Waals surface area (Å²) in [4.78, 5) is 0. The summed E-state index contributed by atoms with van der Waals surface area (Å²) in [7, 11) is 0. The monoisotopic (exact) mass is 291 g/mol. The Labute approximate surface area is 110 Å². The quantitative estimate of drug-likeness (QED) is 0.650. The van der Waals surface area contributed by atoms with Crippen molar-refractivity contribution in [2.75, 3.05) is 0 Å². The topological polar surface area (TPSA) is 0 Å². The molecule has 0 unspecified atom stereocenters. The van der Waals surface area contributed by atoms with E-state index >= 15 is 0 Å². The molecular weight excluding hydrogens is 282 g/mol. The van der Waals surface area contributed by atoms with Gasteiger partial charge in [0.2, 0.25) is 0 Å². The van der Waals surface area contributed by atoms with E-state index < -0.39 is 0 Å². The van der Waals surface area contributed by atoms with E-state index in [-0.39, 0.29) is 51.0 Å². The molecule has 0 atom stereocenters. The second-order valence-corrected chi connectivity index (χ2v) is 2.66. The molecule has 0 saturated carbocycles. The van der Waals surface area contributed by atoms with E-state index in [9.17, 15) is 0 Å². The van der Waals surface area contributed by atoms with Crippen molar-refractivity contribution in [3.05, 3.63) is 42.0 Å². The molecule has 0 aromatic heterocycles. The molecular formula is C10H11Cl2Zr-. The van der Waals surface area contributed by atoms with Crippen molar-refractivity contribution in [3.63, 3.8) is 0 Å². The molecule has 0 N–H and O–H groups in total. The van der Waals surface area contributed by atoms with Crippen LogP contribution >= 0.6 is 24.8 Å². The molecule has 2 aromatic carbocycles. The van der Waals surface area contributed by atoms with Crippen molar-refractivity contribution in [2.24, 2.45) is 0 Å². The number of aryl methyl sites for hydroxylation is 1. The molecule has 2 rings (SSSR count). The van der Waals surface area contributed by atoms with Gasteiger partial charge in [0.1, 0.15) is 0 Å². The van der Waals surface area contributed by atoms with E-state index in [4.69, 9.17) is 0 Å². The van der Waals surface area contributed by atoms with Crippen LogP contribution in [0, 0.1) is 6.92 Å². The fourth-order valence-electron chi connectivity index (χ4n) is 1.31. The van der Waals surface area contributed by atoms with E-state index in [1.165, 1.54) is 16.3 Å². The van der Waals surface area contributed by atoms with Crippen molar-refractivity contribution < 1.29 is 26.2 Å². The third kappa shape index (κ3) is 3.50. The maximum absolute atomic E-state index is 2.20. The van der Waals surface area contributed by atoms with Gasteiger partial charge in [0.05, 0.1) is 0 Å². The summed E-state index contributed by atoms with van der Waals surface area (Å²) in [6, 6.07) is 12.8. The zero-order valence-electron chi connectivity index (χ0n) is 7.28. The Kier molecular flexibility index (Phi) is 8.12. The smallest absolute Gasteiger partial charge is 0 e. The van der Waals surface area contributed by atoms with Crippen LogP contribution < -0.4 is 0 Å². The summed E-state index contributed by atoms with van der Waals surface area (Å²) in [5, 5.41) is 2.69. The first-order chi connectivity index (χ1) is 4.86. The minimum absolute atomic E-state index is 0. The molecule has 0 aliphatic carbocycles. The summed E-state index contributed by atoms with van der Waals surface area (Å²) >= 11 is 0. The van der Waals surface area contributed by atoms with Gasteiger partial charge in [-0.15, -0.1) is 65.4 Å². The van der Waals surface area contributed by atoms with Gasteiger partial charge < -0.3 is 0 Å². The molecule has 0 radical (unpaired) electrons. The molecule has 0 fully saturated rings. The molecule has 0 heterocycles. The molecule has 3 heteroatoms. The van der Waals surface area contributed by atoms with Gasteiger partial charge in [0.15, 0.2) is 0 Å². The van der Waals surface area contributed by atoms with Gasteiger partial charge in [-0.1, -0.05) is 13.0 Å². The van der Waals surface area contributed by atoms with Gasteiger partial charge in [-0.05, 0) is 0 Å². The van der Waals surface area contributed by atoms with Gasteiger partial charge >= 0.3 is 0 Å². The van der Waals surface area contributed by atoms with Gasteiger partial charge in [-0.2, -0.15) is 6.07 Å². The SMILES string of the molecule is Cc1cc2ccccc2[cH-]1.Cl.Cl.[Zr]. The van der Waals surface area contributed by atoms with Crippen LogP contribution in [0.4, 0.5) is 0 Å². The van der Waals surface area contributed by atoms with Gasteiger partial charge in [-0.25, -0.2) is 0 Å². The van der Waals surface area contributed by atoms with Crippen LogP contribution in [0.5, 0.6) is 0 Å². The molecule has 0 bridgehead atoms. The first-order valence-electron chi connectivity index (χ1n) is 3.48. The third-order valence-corrected chi connectivity index (χ3v) is 1.76. The van der Waals surface area contributed by atoms with Gasteiger partial charge in [-0.3, -0.25) is 0 Å². The zero-order valence-corrected chi connectivity index (χ0v) is 11.4. The van der Waals surface area contributed by atoms with E-state index in [0.29, 0.717) is 0 Å². The molecule has 0 amide bonds. The average Bonchev–Trinajstić information content (AvgIpc) is 2.27. The van der Waals surface area contributed by atoms with Crippen LogP contribution in [0.25, 0.3) is 10.8 Å². The summed E-state index contributed by atoms with van der Waals surface area (Å²) in [5.41, 5.74) is 1.35. The maximum Gasteiger partial charge on any atom is 0 e. The normalized spacial score (nSPS) is 8.08. The minimum atomic E-state index is 0. The Morgan fingerprint density at radius 2 is 1.69 bits per heavy atom. The summed E-state index contributed by atoms with van der Waals surface area (Å²) in [6.07, 6.45) is 0. The third-order valence-electron chi connectivity index (χ3n) is 1.76. The van der Waals surface area contributed by atoms with Gasteiger partial charge in [0.25, 0.3) is 0 Å². The number of hydrogen-bond donors (Lipinski definition) is 0. The molecule has 0 nitrogen and oxygen atoms in total. The predicted octanol–water partition coefficient (Wildman–Crippen LogP) is 3.71. The Bertz CT molecular complexity index is 321. The summed E-state index contributed by atoms with van der Waals surface area (Å²) in [5.74, 6) is 0. The van der Waals surface area contributed by atoms with Crippen LogP contribution in [0.1, 0.15) is 5.56 Å². The first-order valence-corrected chi connectivity index (χ1v) is 3.48. The molecule has 13 heavy (non-hydrogen) atoms. The molecule has 0 spiro atoms. The summed E-state index contributed by atoms with van der Waals surface area (Å²) < 4.78 is 0. The fourth-order valence-corrected chi connectivity index (χ4v) is 1.31. The van der Waals surface area contributed by atoms with Crippen molar-refractivity contribution >= 4 is 35.6 Å². The van der Waals surface area contributed by atoms with Crippen LogP contribution in [0.2, 0.25) is 0 Å². The molecule has 70 valence electrons. The fraction of sp³-hybridized carbons (Fsp3) is 0.100. The zero-order chi connectivity index (χ0) is 6.97. The molecule has 0 aliphatic rings. The van der Waals surface area contributed by atoms with Crippen LogP contribution in [0.3, 0.4) is 0 Å². The second kappa shape index (κ2) is 6.70. The second-order valence-electron chi connectivity index (χ2n) is 2.66. The largest absolute Gasteiger partial charge is 0.165 e. The number of rotatable bonds is 0. The maximum atomic E-state index is 2.20. The van der Waals surface area contributed by atoms with Crippen LogP contribution in [-0.2, 0) is 26.2 Å². The molecule has 0 aliphatic heterocycles. The number of fused-ring (bicyclic) bond motifs is 1. The number of hydrogen-bond acceptors (Lipinski definition) is 0. The average molecular weight is 293 g/mol. The standard InChI is InChI=1S/C10H9.2ClH.Zr/c1-8-6-9-4-2-3-5-10(9)7-8;;;/h2-7H,1H3;2*1H;/q-1;;;. The number of benzene rings is 1. The van der Waals surface area contributed by atoms with Gasteiger partial charge in [0, 0.05) is 26.2 Å². The van der Waals surface area contributed by atoms with Crippen LogP contribution in [0.15, 0.2) is 36.4 Å². The van der Waals surface area contributed by atoms with E-state index in [1.807, 2.05) is 0 Å². The van der Waals surface area contributed by atoms with E-state index in [1.54, 1.807) is 0 Å². The van der Waals surface area contributed by atoms with Crippen molar-refractivity contribution in [3.8, 4) is 0 Å². The van der Waals surface area contributed by atoms with E-state index in [0.717, 1.165) is 0 Å². The Hall–Kier alpha value is 0.293. The van der Waals surface area contributed by atoms with Crippen LogP contribution in [-0.4, -0.2) is 0 Å². The Morgan fingerprint density at radius 3 is 2.31 bits per heavy atom. The predicted molar refractivity (Wildman–Crippen MR) is 58.8 cm³/mol. The van der Waals surface area contributed by atoms with Crippen molar-refractivity contribution in [1.29, 1.82) is 0 Å². The van der Waals surface area contributed by atoms with Crippen molar-refractivity contribution in [2.45, 2.75) is 6.92 Å². The Balaban J connectivity index is 0. The Morgan fingerprint density at radius 1 is 1.08 bits per heavy atom. The minimum Gasteiger partial charge on any atom is -0.165 e. The molecule has 2 aromatic rings. The molecule has 0 saturated heterocycles. The first kappa shape index (κ1) is 15.8. The summed E-state index contributed by atoms with van der Waals surface area (Å²) in [6.45, 7) is 2.12.